The summed E-state index contributed by atoms with van der Waals surface area (Å²) >= 11 is 0. The molecule has 0 aliphatic rings. The molecule has 0 bridgehead atoms. The second-order valence-corrected chi connectivity index (χ2v) is 13.4. The van der Waals surface area contributed by atoms with E-state index >= 15 is 0 Å². The van der Waals surface area contributed by atoms with Crippen LogP contribution in [0.2, 0.25) is 0 Å². The minimum Gasteiger partial charge on any atom is -0.455 e. The van der Waals surface area contributed by atoms with Gasteiger partial charge in [0.25, 0.3) is 0 Å². The molecule has 1 heterocycles. The van der Waals surface area contributed by atoms with E-state index in [1.165, 1.54) is 4.90 Å². The maximum atomic E-state index is 9.81. The van der Waals surface area contributed by atoms with E-state index < -0.39 is 24.2 Å². The highest BCUT2D eigenvalue weighted by molar-refractivity contribution is 6.20. The summed E-state index contributed by atoms with van der Waals surface area (Å²) in [5.41, 5.74) is 2.18. The SMILES string of the molecule is [2H]c1c([2H])c(N(c2c([2H])c([2H])c(-c3cc4ccccc4c4ccccc34)c([2H])c2[2H])c2cccc3oc4c5ccccc5ccc4c23)c([2H])c([2H])c1-c1cccc2ccccc12. The van der Waals surface area contributed by atoms with E-state index in [2.05, 4.69) is 0 Å². The molecule has 0 unspecified atom stereocenters. The van der Waals surface area contributed by atoms with Crippen molar-refractivity contribution in [2.75, 3.05) is 4.90 Å². The maximum Gasteiger partial charge on any atom is 0.143 e. The number of hydrogen-bond acceptors (Lipinski definition) is 2. The Morgan fingerprint density at radius 3 is 1.69 bits per heavy atom. The summed E-state index contributed by atoms with van der Waals surface area (Å²) in [6, 6.07) is 44.7. The minimum absolute atomic E-state index is 0.106. The van der Waals surface area contributed by atoms with E-state index in [4.69, 9.17) is 4.42 Å². The standard InChI is InChI=1S/C52H33NO/c1-4-15-41-34(11-1)14-9-20-42(41)36-23-28-39(29-24-36)53(49-21-10-22-50-51(49)47-32-27-35-12-2-6-17-44(35)52(47)54-50)40-30-25-37(26-31-40)48-33-38-13-3-5-16-43(38)45-18-7-8-19-46(45)48/h1-33H/i23D,24D,25D,26D,28D,29D,30D,31D. The lowest BCUT2D eigenvalue weighted by Crippen LogP contribution is -2.10. The highest BCUT2D eigenvalue weighted by Crippen LogP contribution is 2.45. The van der Waals surface area contributed by atoms with E-state index in [9.17, 15) is 11.0 Å². The van der Waals surface area contributed by atoms with Crippen LogP contribution in [0.1, 0.15) is 11.0 Å². The largest absolute Gasteiger partial charge is 0.455 e. The van der Waals surface area contributed by atoms with Crippen molar-refractivity contribution in [1.82, 2.24) is 0 Å². The Bertz CT molecular complexity index is 3650. The smallest absolute Gasteiger partial charge is 0.143 e. The molecule has 252 valence electrons. The molecule has 0 N–H and O–H groups in total. The first kappa shape index (κ1) is 23.4. The Hall–Kier alpha value is -7.16. The average Bonchev–Trinajstić information content (AvgIpc) is 3.70. The Labute approximate surface area is 324 Å². The van der Waals surface area contributed by atoms with Crippen LogP contribution in [-0.4, -0.2) is 0 Å². The van der Waals surface area contributed by atoms with Gasteiger partial charge in [0.05, 0.1) is 22.0 Å². The molecule has 54 heavy (non-hydrogen) atoms. The van der Waals surface area contributed by atoms with Gasteiger partial charge in [-0.05, 0) is 108 Å². The Morgan fingerprint density at radius 1 is 0.389 bits per heavy atom. The zero-order valence-corrected chi connectivity index (χ0v) is 28.8. The van der Waals surface area contributed by atoms with Crippen LogP contribution in [0.15, 0.2) is 204 Å². The van der Waals surface area contributed by atoms with Crippen molar-refractivity contribution in [3.63, 3.8) is 0 Å². The fourth-order valence-corrected chi connectivity index (χ4v) is 7.88. The average molecular weight is 696 g/mol. The fraction of sp³-hybridized carbons (Fsp3) is 0. The maximum absolute atomic E-state index is 9.81. The van der Waals surface area contributed by atoms with E-state index in [1.807, 2.05) is 127 Å². The van der Waals surface area contributed by atoms with Gasteiger partial charge in [0.2, 0.25) is 0 Å². The van der Waals surface area contributed by atoms with Crippen molar-refractivity contribution in [3.05, 3.63) is 200 Å². The number of rotatable bonds is 5. The van der Waals surface area contributed by atoms with Crippen LogP contribution in [0.4, 0.5) is 17.1 Å². The van der Waals surface area contributed by atoms with Gasteiger partial charge in [-0.3, -0.25) is 0 Å². The Kier molecular flexibility index (Phi) is 5.30. The van der Waals surface area contributed by atoms with Crippen LogP contribution < -0.4 is 4.90 Å². The molecule has 0 amide bonds. The van der Waals surface area contributed by atoms with Gasteiger partial charge in [-0.25, -0.2) is 0 Å². The van der Waals surface area contributed by atoms with Gasteiger partial charge in [0, 0.05) is 22.1 Å². The lowest BCUT2D eigenvalue weighted by Gasteiger charge is -2.27. The lowest BCUT2D eigenvalue weighted by molar-refractivity contribution is 0.672. The minimum atomic E-state index is -0.413. The van der Waals surface area contributed by atoms with E-state index in [-0.39, 0.29) is 46.7 Å². The molecule has 2 nitrogen and oxygen atoms in total. The number of nitrogens with zero attached hydrogens (tertiary/aromatic N) is 1. The molecule has 2 heteroatoms. The first-order valence-electron chi connectivity index (χ1n) is 21.9. The first-order chi connectivity index (χ1) is 30.1. The molecule has 0 radical (unpaired) electrons. The van der Waals surface area contributed by atoms with E-state index in [1.54, 1.807) is 24.3 Å². The molecule has 0 aliphatic carbocycles. The van der Waals surface area contributed by atoms with E-state index in [0.29, 0.717) is 38.8 Å². The van der Waals surface area contributed by atoms with Crippen molar-refractivity contribution in [1.29, 1.82) is 0 Å². The molecule has 0 fully saturated rings. The van der Waals surface area contributed by atoms with Crippen LogP contribution in [0.3, 0.4) is 0 Å². The predicted octanol–water partition coefficient (Wildman–Crippen LogP) is 15.0. The van der Waals surface area contributed by atoms with Crippen molar-refractivity contribution >= 4 is 82.1 Å². The summed E-state index contributed by atoms with van der Waals surface area (Å²) in [7, 11) is 0. The molecule has 0 spiro atoms. The molecule has 10 aromatic carbocycles. The van der Waals surface area contributed by atoms with Crippen molar-refractivity contribution in [2.45, 2.75) is 0 Å². The number of hydrogen-bond donors (Lipinski definition) is 0. The molecule has 11 aromatic rings. The third-order valence-corrected chi connectivity index (χ3v) is 10.4. The molecular weight excluding hydrogens is 655 g/mol. The quantitative estimate of drug-likeness (QED) is 0.167. The van der Waals surface area contributed by atoms with Crippen LogP contribution in [-0.2, 0) is 0 Å². The Balaban J connectivity index is 1.24. The molecule has 11 rings (SSSR count). The molecule has 0 aliphatic heterocycles. The zero-order chi connectivity index (χ0) is 42.6. The molecule has 0 saturated heterocycles. The fourth-order valence-electron chi connectivity index (χ4n) is 7.88. The summed E-state index contributed by atoms with van der Waals surface area (Å²) in [6.07, 6.45) is 0. The van der Waals surface area contributed by atoms with Gasteiger partial charge in [0.15, 0.2) is 0 Å². The topological polar surface area (TPSA) is 16.4 Å². The van der Waals surface area contributed by atoms with Crippen molar-refractivity contribution in [3.8, 4) is 22.3 Å². The molecule has 0 atom stereocenters. The van der Waals surface area contributed by atoms with Crippen LogP contribution >= 0.6 is 0 Å². The van der Waals surface area contributed by atoms with Gasteiger partial charge in [-0.15, -0.1) is 0 Å². The van der Waals surface area contributed by atoms with Gasteiger partial charge < -0.3 is 9.32 Å². The molecular formula is C52H33NO. The summed E-state index contributed by atoms with van der Waals surface area (Å²) in [5, 5.41) is 8.24. The highest BCUT2D eigenvalue weighted by atomic mass is 16.3. The summed E-state index contributed by atoms with van der Waals surface area (Å²) in [6.45, 7) is 0. The summed E-state index contributed by atoms with van der Waals surface area (Å²) < 4.78 is 84.0. The van der Waals surface area contributed by atoms with E-state index in [0.717, 1.165) is 43.1 Å². The number of anilines is 3. The van der Waals surface area contributed by atoms with Crippen LogP contribution in [0, 0.1) is 0 Å². The second-order valence-electron chi connectivity index (χ2n) is 13.4. The van der Waals surface area contributed by atoms with Crippen molar-refractivity contribution < 1.29 is 15.4 Å². The number of furan rings is 1. The third-order valence-electron chi connectivity index (χ3n) is 10.4. The highest BCUT2D eigenvalue weighted by Gasteiger charge is 2.21. The lowest BCUT2D eigenvalue weighted by atomic mass is 9.93. The van der Waals surface area contributed by atoms with Gasteiger partial charge in [-0.2, -0.15) is 0 Å². The first-order valence-corrected chi connectivity index (χ1v) is 17.9. The van der Waals surface area contributed by atoms with Crippen LogP contribution in [0.25, 0.3) is 87.3 Å². The molecule has 1 aromatic heterocycles. The third kappa shape index (κ3) is 4.81. The number of fused-ring (bicyclic) bond motifs is 9. The molecule has 0 saturated carbocycles. The Morgan fingerprint density at radius 2 is 0.944 bits per heavy atom. The normalized spacial score (nSPS) is 13.8. The van der Waals surface area contributed by atoms with Gasteiger partial charge in [-0.1, -0.05) is 152 Å². The van der Waals surface area contributed by atoms with Crippen LogP contribution in [0.5, 0.6) is 0 Å². The van der Waals surface area contributed by atoms with Gasteiger partial charge >= 0.3 is 0 Å². The summed E-state index contributed by atoms with van der Waals surface area (Å²) in [4.78, 5) is 1.38. The monoisotopic (exact) mass is 695 g/mol. The zero-order valence-electron chi connectivity index (χ0n) is 36.8. The second kappa shape index (κ2) is 12.2. The predicted molar refractivity (Wildman–Crippen MR) is 229 cm³/mol. The van der Waals surface area contributed by atoms with Gasteiger partial charge in [0.1, 0.15) is 11.2 Å². The number of benzene rings is 10. The van der Waals surface area contributed by atoms with Crippen molar-refractivity contribution in [2.24, 2.45) is 0 Å². The summed E-state index contributed by atoms with van der Waals surface area (Å²) in [5.74, 6) is 0.